The summed E-state index contributed by atoms with van der Waals surface area (Å²) in [6.45, 7) is 11.6. The predicted octanol–water partition coefficient (Wildman–Crippen LogP) is 8.65. The van der Waals surface area contributed by atoms with Crippen LogP contribution in [0.4, 0.5) is 0 Å². The average molecular weight is 469 g/mol. The maximum Gasteiger partial charge on any atom is 0.305 e. The third-order valence-electron chi connectivity index (χ3n) is 4.21. The van der Waals surface area contributed by atoms with E-state index in [-0.39, 0.29) is 11.4 Å². The number of carbonyl (C=O) groups excluding carboxylic acids is 1. The van der Waals surface area contributed by atoms with Crippen LogP contribution < -0.4 is 0 Å². The number of esters is 1. The van der Waals surface area contributed by atoms with Crippen molar-refractivity contribution in [2.75, 3.05) is 23.9 Å². The first kappa shape index (κ1) is 28.9. The Morgan fingerprint density at radius 2 is 1.46 bits per heavy atom. The Hall–Kier alpha value is 0.870. The number of unbranched alkanes of at least 4 members (excludes halogenated alkanes) is 6. The lowest BCUT2D eigenvalue weighted by Gasteiger charge is -2.18. The molecule has 0 heterocycles. The topological polar surface area (TPSA) is 26.3 Å². The summed E-state index contributed by atoms with van der Waals surface area (Å²) in [5.74, 6) is 3.45. The molecule has 0 radical (unpaired) electrons. The van der Waals surface area contributed by atoms with Crippen molar-refractivity contribution in [3.05, 3.63) is 0 Å². The van der Waals surface area contributed by atoms with Gasteiger partial charge in [-0.25, -0.2) is 0 Å². The van der Waals surface area contributed by atoms with Gasteiger partial charge in [-0.15, -0.1) is 0 Å². The standard InChI is InChI=1S/C22H44O2S4/c1-6-8-10-12-16-25-27-19-20(28-26-17-13-11-9-7-2)18-24-21(23)14-15-22(3,4)5/h20H,6-19H2,1-5H3. The molecule has 0 saturated heterocycles. The largest absolute Gasteiger partial charge is 0.464 e. The van der Waals surface area contributed by atoms with Crippen LogP contribution in [0.5, 0.6) is 0 Å². The second-order valence-electron chi connectivity index (χ2n) is 8.51. The van der Waals surface area contributed by atoms with E-state index in [0.29, 0.717) is 18.3 Å². The Morgan fingerprint density at radius 1 is 0.857 bits per heavy atom. The molecule has 0 saturated carbocycles. The van der Waals surface area contributed by atoms with Crippen molar-refractivity contribution in [3.63, 3.8) is 0 Å². The van der Waals surface area contributed by atoms with E-state index >= 15 is 0 Å². The highest BCUT2D eigenvalue weighted by Crippen LogP contribution is 2.34. The van der Waals surface area contributed by atoms with E-state index in [1.165, 1.54) is 62.9 Å². The van der Waals surface area contributed by atoms with E-state index in [4.69, 9.17) is 4.74 Å². The van der Waals surface area contributed by atoms with Gasteiger partial charge >= 0.3 is 5.97 Å². The summed E-state index contributed by atoms with van der Waals surface area (Å²) in [6.07, 6.45) is 12.0. The third-order valence-corrected chi connectivity index (χ3v) is 9.88. The quantitative estimate of drug-likeness (QED) is 0.107. The number of hydrogen-bond donors (Lipinski definition) is 0. The number of ether oxygens (including phenoxy) is 1. The van der Waals surface area contributed by atoms with Gasteiger partial charge in [-0.05, 0) is 24.7 Å². The molecule has 0 rings (SSSR count). The van der Waals surface area contributed by atoms with Crippen LogP contribution in [-0.2, 0) is 9.53 Å². The molecule has 0 aliphatic heterocycles. The summed E-state index contributed by atoms with van der Waals surface area (Å²) >= 11 is 0. The van der Waals surface area contributed by atoms with Crippen LogP contribution in [0.2, 0.25) is 0 Å². The molecule has 0 bridgehead atoms. The summed E-state index contributed by atoms with van der Waals surface area (Å²) in [5.41, 5.74) is 0.186. The number of carbonyl (C=O) groups is 1. The highest BCUT2D eigenvalue weighted by atomic mass is 33.1. The van der Waals surface area contributed by atoms with Crippen LogP contribution in [0.3, 0.4) is 0 Å². The van der Waals surface area contributed by atoms with Gasteiger partial charge in [0.1, 0.15) is 6.61 Å². The summed E-state index contributed by atoms with van der Waals surface area (Å²) in [4.78, 5) is 12.1. The molecular weight excluding hydrogens is 425 g/mol. The van der Waals surface area contributed by atoms with Gasteiger partial charge in [-0.3, -0.25) is 4.79 Å². The average Bonchev–Trinajstić information content (AvgIpc) is 2.65. The highest BCUT2D eigenvalue weighted by Gasteiger charge is 2.17. The van der Waals surface area contributed by atoms with Crippen LogP contribution >= 0.6 is 43.2 Å². The van der Waals surface area contributed by atoms with Crippen molar-refractivity contribution in [2.24, 2.45) is 5.41 Å². The second-order valence-corrected chi connectivity index (χ2v) is 13.9. The fourth-order valence-electron chi connectivity index (χ4n) is 2.34. The molecule has 1 atom stereocenters. The van der Waals surface area contributed by atoms with E-state index in [2.05, 4.69) is 34.6 Å². The number of hydrogen-bond acceptors (Lipinski definition) is 6. The fourth-order valence-corrected chi connectivity index (χ4v) is 7.92. The van der Waals surface area contributed by atoms with E-state index in [1.54, 1.807) is 0 Å². The Labute approximate surface area is 191 Å². The molecule has 0 aromatic rings. The Kier molecular flexibility index (Phi) is 20.4. The zero-order valence-electron chi connectivity index (χ0n) is 18.9. The van der Waals surface area contributed by atoms with Gasteiger partial charge in [0, 0.05) is 23.7 Å². The van der Waals surface area contributed by atoms with Gasteiger partial charge < -0.3 is 4.74 Å². The maximum atomic E-state index is 12.1. The van der Waals surface area contributed by atoms with Gasteiger partial charge in [0.2, 0.25) is 0 Å². The first-order valence-electron chi connectivity index (χ1n) is 11.1. The van der Waals surface area contributed by atoms with Gasteiger partial charge in [0.15, 0.2) is 0 Å². The van der Waals surface area contributed by atoms with E-state index in [9.17, 15) is 4.79 Å². The van der Waals surface area contributed by atoms with E-state index in [0.717, 1.165) is 12.2 Å². The minimum Gasteiger partial charge on any atom is -0.464 e. The summed E-state index contributed by atoms with van der Waals surface area (Å²) in [7, 11) is 7.82. The van der Waals surface area contributed by atoms with Gasteiger partial charge in [-0.1, -0.05) is 116 Å². The van der Waals surface area contributed by atoms with Crippen molar-refractivity contribution >= 4 is 49.1 Å². The molecule has 0 spiro atoms. The molecule has 0 aliphatic carbocycles. The minimum absolute atomic E-state index is 0.0364. The summed E-state index contributed by atoms with van der Waals surface area (Å²) in [6, 6.07) is 0. The molecule has 0 amide bonds. The van der Waals surface area contributed by atoms with Crippen LogP contribution in [-0.4, -0.2) is 35.1 Å². The SMILES string of the molecule is CCCCCCSSCC(COC(=O)CCC(C)(C)C)SSCCCCCC. The molecular formula is C22H44O2S4. The lowest BCUT2D eigenvalue weighted by molar-refractivity contribution is -0.144. The molecule has 0 N–H and O–H groups in total. The van der Waals surface area contributed by atoms with Crippen LogP contribution in [0.1, 0.15) is 98.8 Å². The fraction of sp³-hybridized carbons (Fsp3) is 0.955. The normalized spacial score (nSPS) is 12.9. The van der Waals surface area contributed by atoms with Crippen molar-refractivity contribution in [1.29, 1.82) is 0 Å². The second kappa shape index (κ2) is 19.8. The minimum atomic E-state index is -0.0364. The first-order chi connectivity index (χ1) is 13.4. The van der Waals surface area contributed by atoms with Crippen molar-refractivity contribution in [2.45, 2.75) is 104 Å². The molecule has 0 aliphatic rings. The number of rotatable bonds is 19. The highest BCUT2D eigenvalue weighted by molar-refractivity contribution is 8.78. The van der Waals surface area contributed by atoms with E-state index in [1.807, 2.05) is 43.2 Å². The Balaban J connectivity index is 4.07. The molecule has 2 nitrogen and oxygen atoms in total. The van der Waals surface area contributed by atoms with E-state index < -0.39 is 0 Å². The molecule has 0 aromatic carbocycles. The van der Waals surface area contributed by atoms with Crippen molar-refractivity contribution in [3.8, 4) is 0 Å². The van der Waals surface area contributed by atoms with Crippen molar-refractivity contribution < 1.29 is 9.53 Å². The molecule has 0 fully saturated rings. The Bertz CT molecular complexity index is 359. The van der Waals surface area contributed by atoms with Crippen LogP contribution in [0.15, 0.2) is 0 Å². The van der Waals surface area contributed by atoms with Gasteiger partial charge in [0.25, 0.3) is 0 Å². The van der Waals surface area contributed by atoms with Gasteiger partial charge in [0.05, 0.1) is 5.25 Å². The molecule has 6 heteroatoms. The summed E-state index contributed by atoms with van der Waals surface area (Å²) < 4.78 is 5.61. The first-order valence-corrected chi connectivity index (χ1v) is 15.9. The van der Waals surface area contributed by atoms with Crippen LogP contribution in [0.25, 0.3) is 0 Å². The van der Waals surface area contributed by atoms with Crippen molar-refractivity contribution in [1.82, 2.24) is 0 Å². The molecule has 28 heavy (non-hydrogen) atoms. The van der Waals surface area contributed by atoms with Gasteiger partial charge in [-0.2, -0.15) is 0 Å². The Morgan fingerprint density at radius 3 is 2.04 bits per heavy atom. The zero-order chi connectivity index (χ0) is 21.1. The third kappa shape index (κ3) is 21.6. The molecule has 168 valence electrons. The lowest BCUT2D eigenvalue weighted by Crippen LogP contribution is -2.19. The smallest absolute Gasteiger partial charge is 0.305 e. The van der Waals surface area contributed by atoms with Crippen LogP contribution in [0, 0.1) is 5.41 Å². The molecule has 1 unspecified atom stereocenters. The zero-order valence-corrected chi connectivity index (χ0v) is 22.2. The molecule has 0 aromatic heterocycles. The lowest BCUT2D eigenvalue weighted by atomic mass is 9.91. The maximum absolute atomic E-state index is 12.1. The monoisotopic (exact) mass is 468 g/mol. The summed E-state index contributed by atoms with van der Waals surface area (Å²) in [5, 5.41) is 0.392. The predicted molar refractivity (Wildman–Crippen MR) is 137 cm³/mol.